The maximum Gasteiger partial charge on any atom is 0.303 e. The smallest absolute Gasteiger partial charge is 0.303 e. The van der Waals surface area contributed by atoms with Gasteiger partial charge in [-0.1, -0.05) is 30.3 Å². The summed E-state index contributed by atoms with van der Waals surface area (Å²) < 4.78 is 10.8. The van der Waals surface area contributed by atoms with Gasteiger partial charge < -0.3 is 14.6 Å². The first-order chi connectivity index (χ1) is 13.5. The predicted octanol–water partition coefficient (Wildman–Crippen LogP) is 3.25. The fraction of sp³-hybridized carbons (Fsp3) is 0.286. The molecule has 146 valence electrons. The van der Waals surface area contributed by atoms with E-state index in [-0.39, 0.29) is 24.8 Å². The van der Waals surface area contributed by atoms with Crippen molar-refractivity contribution in [3.05, 3.63) is 59.7 Å². The molecule has 1 heterocycles. The van der Waals surface area contributed by atoms with Gasteiger partial charge >= 0.3 is 5.97 Å². The van der Waals surface area contributed by atoms with Crippen LogP contribution in [0.2, 0.25) is 0 Å². The molecule has 1 N–H and O–H groups in total. The molecular weight excluding hydrogens is 360 g/mol. The lowest BCUT2D eigenvalue weighted by Gasteiger charge is -2.23. The maximum absolute atomic E-state index is 12.7. The molecule has 0 radical (unpaired) electrons. The van der Waals surface area contributed by atoms with Crippen LogP contribution in [0.25, 0.3) is 0 Å². The highest BCUT2D eigenvalue weighted by Gasteiger charge is 2.34. The quantitative estimate of drug-likeness (QED) is 0.794. The SMILES string of the molecule is COc1ccc([C@H]2CC(c3ccccc3)=NN2C(=O)CCC(=O)O)c(OC)c1. The van der Waals surface area contributed by atoms with Gasteiger partial charge in [-0.2, -0.15) is 5.10 Å². The largest absolute Gasteiger partial charge is 0.497 e. The lowest BCUT2D eigenvalue weighted by molar-refractivity contribution is -0.141. The molecule has 2 aromatic carbocycles. The van der Waals surface area contributed by atoms with E-state index in [4.69, 9.17) is 14.6 Å². The summed E-state index contributed by atoms with van der Waals surface area (Å²) in [6.07, 6.45) is 0.152. The molecule has 1 amide bonds. The van der Waals surface area contributed by atoms with E-state index in [1.54, 1.807) is 26.4 Å². The first-order valence-corrected chi connectivity index (χ1v) is 8.92. The van der Waals surface area contributed by atoms with E-state index < -0.39 is 5.97 Å². The van der Waals surface area contributed by atoms with Crippen molar-refractivity contribution < 1.29 is 24.2 Å². The minimum Gasteiger partial charge on any atom is -0.497 e. The van der Waals surface area contributed by atoms with Gasteiger partial charge in [-0.3, -0.25) is 9.59 Å². The molecule has 0 spiro atoms. The zero-order valence-electron chi connectivity index (χ0n) is 15.8. The van der Waals surface area contributed by atoms with E-state index >= 15 is 0 Å². The van der Waals surface area contributed by atoms with Crippen molar-refractivity contribution in [2.24, 2.45) is 5.10 Å². The molecule has 1 aliphatic rings. The third-order valence-electron chi connectivity index (χ3n) is 4.63. The average molecular weight is 382 g/mol. The van der Waals surface area contributed by atoms with Crippen molar-refractivity contribution in [3.63, 3.8) is 0 Å². The number of carboxylic acids is 1. The van der Waals surface area contributed by atoms with E-state index in [2.05, 4.69) is 5.10 Å². The number of carboxylic acid groups (broad SMARTS) is 1. The van der Waals surface area contributed by atoms with Crippen LogP contribution in [0.5, 0.6) is 11.5 Å². The third kappa shape index (κ3) is 4.14. The number of methoxy groups -OCH3 is 2. The van der Waals surface area contributed by atoms with Crippen LogP contribution in [-0.4, -0.2) is 41.9 Å². The molecule has 0 fully saturated rings. The molecular formula is C21H22N2O5. The maximum atomic E-state index is 12.7. The summed E-state index contributed by atoms with van der Waals surface area (Å²) in [4.78, 5) is 23.6. The van der Waals surface area contributed by atoms with Gasteiger partial charge in [0.1, 0.15) is 11.5 Å². The Bertz CT molecular complexity index is 895. The fourth-order valence-corrected chi connectivity index (χ4v) is 3.21. The number of benzene rings is 2. The lowest BCUT2D eigenvalue weighted by atomic mass is 9.97. The van der Waals surface area contributed by atoms with Crippen molar-refractivity contribution in [2.75, 3.05) is 14.2 Å². The highest BCUT2D eigenvalue weighted by Crippen LogP contribution is 2.39. The van der Waals surface area contributed by atoms with Crippen LogP contribution in [0.3, 0.4) is 0 Å². The van der Waals surface area contributed by atoms with Crippen molar-refractivity contribution in [1.29, 1.82) is 0 Å². The summed E-state index contributed by atoms with van der Waals surface area (Å²) in [6, 6.07) is 14.7. The van der Waals surface area contributed by atoms with Gasteiger partial charge in [0.25, 0.3) is 0 Å². The molecule has 28 heavy (non-hydrogen) atoms. The highest BCUT2D eigenvalue weighted by atomic mass is 16.5. The number of carbonyl (C=O) groups excluding carboxylic acids is 1. The Morgan fingerprint density at radius 2 is 1.86 bits per heavy atom. The summed E-state index contributed by atoms with van der Waals surface area (Å²) >= 11 is 0. The minimum absolute atomic E-state index is 0.115. The van der Waals surface area contributed by atoms with Crippen LogP contribution < -0.4 is 9.47 Å². The molecule has 0 aromatic heterocycles. The molecule has 1 atom stereocenters. The average Bonchev–Trinajstić information content (AvgIpc) is 3.17. The zero-order valence-corrected chi connectivity index (χ0v) is 15.8. The molecule has 3 rings (SSSR count). The standard InChI is InChI=1S/C21H22N2O5/c1-27-15-8-9-16(19(12-15)28-2)18-13-17(14-6-4-3-5-7-14)22-23(18)20(24)10-11-21(25)26/h3-9,12,18H,10-11,13H2,1-2H3,(H,25,26)/t18-/m1/s1. The first kappa shape index (κ1) is 19.4. The molecule has 7 heteroatoms. The normalized spacial score (nSPS) is 15.9. The van der Waals surface area contributed by atoms with Crippen LogP contribution in [-0.2, 0) is 9.59 Å². The van der Waals surface area contributed by atoms with Crippen molar-refractivity contribution in [3.8, 4) is 11.5 Å². The number of amides is 1. The van der Waals surface area contributed by atoms with Crippen molar-refractivity contribution in [2.45, 2.75) is 25.3 Å². The number of nitrogens with zero attached hydrogens (tertiary/aromatic N) is 2. The van der Waals surface area contributed by atoms with Gasteiger partial charge in [0, 0.05) is 24.5 Å². The van der Waals surface area contributed by atoms with Crippen LogP contribution >= 0.6 is 0 Å². The summed E-state index contributed by atoms with van der Waals surface area (Å²) in [5, 5.41) is 14.8. The number of hydrogen-bond acceptors (Lipinski definition) is 5. The van der Waals surface area contributed by atoms with Crippen molar-refractivity contribution >= 4 is 17.6 Å². The number of ether oxygens (including phenoxy) is 2. The molecule has 2 aromatic rings. The fourth-order valence-electron chi connectivity index (χ4n) is 3.21. The summed E-state index contributed by atoms with van der Waals surface area (Å²) in [5.41, 5.74) is 2.49. The number of carbonyl (C=O) groups is 2. The van der Waals surface area contributed by atoms with E-state index in [1.807, 2.05) is 36.4 Å². The number of rotatable bonds is 7. The molecule has 0 saturated heterocycles. The van der Waals surface area contributed by atoms with E-state index in [1.165, 1.54) is 5.01 Å². The molecule has 0 aliphatic carbocycles. The molecule has 0 bridgehead atoms. The minimum atomic E-state index is -1.02. The Balaban J connectivity index is 1.96. The number of hydrogen-bond donors (Lipinski definition) is 1. The topological polar surface area (TPSA) is 88.4 Å². The number of aliphatic carboxylic acids is 1. The second-order valence-electron chi connectivity index (χ2n) is 6.37. The Hall–Kier alpha value is -3.35. The molecule has 0 saturated carbocycles. The number of hydrazone groups is 1. The third-order valence-corrected chi connectivity index (χ3v) is 4.63. The Labute approximate surface area is 163 Å². The molecule has 7 nitrogen and oxygen atoms in total. The molecule has 1 aliphatic heterocycles. The summed E-state index contributed by atoms with van der Waals surface area (Å²) in [5.74, 6) is -0.119. The first-order valence-electron chi connectivity index (χ1n) is 8.92. The monoisotopic (exact) mass is 382 g/mol. The Kier molecular flexibility index (Phi) is 5.93. The van der Waals surface area contributed by atoms with Crippen LogP contribution in [0.4, 0.5) is 0 Å². The van der Waals surface area contributed by atoms with Gasteiger partial charge in [-0.25, -0.2) is 5.01 Å². The van der Waals surface area contributed by atoms with E-state index in [0.29, 0.717) is 17.9 Å². The van der Waals surface area contributed by atoms with Gasteiger partial charge in [0.15, 0.2) is 0 Å². The van der Waals surface area contributed by atoms with Crippen LogP contribution in [0, 0.1) is 0 Å². The predicted molar refractivity (Wildman–Crippen MR) is 104 cm³/mol. The Morgan fingerprint density at radius 1 is 1.11 bits per heavy atom. The van der Waals surface area contributed by atoms with Gasteiger partial charge in [0.2, 0.25) is 5.91 Å². The summed E-state index contributed by atoms with van der Waals surface area (Å²) in [7, 11) is 3.13. The van der Waals surface area contributed by atoms with Gasteiger partial charge in [0.05, 0.1) is 32.4 Å². The van der Waals surface area contributed by atoms with Gasteiger partial charge in [-0.05, 0) is 17.7 Å². The molecule has 0 unspecified atom stereocenters. The van der Waals surface area contributed by atoms with E-state index in [0.717, 1.165) is 16.8 Å². The lowest BCUT2D eigenvalue weighted by Crippen LogP contribution is -2.27. The summed E-state index contributed by atoms with van der Waals surface area (Å²) in [6.45, 7) is 0. The van der Waals surface area contributed by atoms with Crippen LogP contribution in [0.15, 0.2) is 53.6 Å². The van der Waals surface area contributed by atoms with Crippen molar-refractivity contribution in [1.82, 2.24) is 5.01 Å². The second kappa shape index (κ2) is 8.56. The Morgan fingerprint density at radius 3 is 2.50 bits per heavy atom. The van der Waals surface area contributed by atoms with Gasteiger partial charge in [-0.15, -0.1) is 0 Å². The second-order valence-corrected chi connectivity index (χ2v) is 6.37. The highest BCUT2D eigenvalue weighted by molar-refractivity contribution is 6.03. The van der Waals surface area contributed by atoms with Crippen LogP contribution in [0.1, 0.15) is 36.4 Å². The van der Waals surface area contributed by atoms with E-state index in [9.17, 15) is 9.59 Å². The zero-order chi connectivity index (χ0) is 20.1.